The minimum atomic E-state index is -0.604. The van der Waals surface area contributed by atoms with Gasteiger partial charge in [0.15, 0.2) is 11.2 Å². The number of nitrogens with one attached hydrogen (secondary N) is 1. The van der Waals surface area contributed by atoms with Gasteiger partial charge in [0, 0.05) is 19.8 Å². The Hall–Kier alpha value is -3.40. The van der Waals surface area contributed by atoms with Crippen LogP contribution in [0.25, 0.3) is 11.2 Å². The van der Waals surface area contributed by atoms with Crippen LogP contribution in [0.15, 0.2) is 33.9 Å². The Balaban J connectivity index is 1.90. The zero-order valence-corrected chi connectivity index (χ0v) is 16.0. The molecular weight excluding hydrogens is 390 g/mol. The zero-order valence-electron chi connectivity index (χ0n) is 15.2. The molecule has 1 amide bonds. The second kappa shape index (κ2) is 7.31. The number of esters is 1. The van der Waals surface area contributed by atoms with Crippen molar-refractivity contribution in [3.05, 3.63) is 56.0 Å². The first kappa shape index (κ1) is 19.4. The molecule has 3 rings (SSSR count). The van der Waals surface area contributed by atoms with E-state index in [4.69, 9.17) is 11.6 Å². The molecule has 0 aliphatic carbocycles. The quantitative estimate of drug-likeness (QED) is 0.499. The Bertz CT molecular complexity index is 1210. The number of halogens is 1. The molecule has 0 fully saturated rings. The Morgan fingerprint density at radius 2 is 1.79 bits per heavy atom. The lowest BCUT2D eigenvalue weighted by Crippen LogP contribution is -2.37. The fourth-order valence-electron chi connectivity index (χ4n) is 2.72. The number of amides is 1. The number of hydrogen-bond donors (Lipinski definition) is 1. The van der Waals surface area contributed by atoms with Crippen LogP contribution in [-0.2, 0) is 30.2 Å². The lowest BCUT2D eigenvalue weighted by Gasteiger charge is -2.09. The van der Waals surface area contributed by atoms with E-state index in [2.05, 4.69) is 15.0 Å². The number of ether oxygens (including phenoxy) is 1. The highest BCUT2D eigenvalue weighted by Crippen LogP contribution is 2.16. The van der Waals surface area contributed by atoms with Gasteiger partial charge in [0.25, 0.3) is 5.56 Å². The molecule has 0 unspecified atom stereocenters. The minimum absolute atomic E-state index is 0.0470. The molecule has 0 radical (unpaired) electrons. The van der Waals surface area contributed by atoms with Gasteiger partial charge in [-0.05, 0) is 35.9 Å². The van der Waals surface area contributed by atoms with Crippen LogP contribution in [0.5, 0.6) is 0 Å². The average Bonchev–Trinajstić information content (AvgIpc) is 3.01. The van der Waals surface area contributed by atoms with E-state index in [9.17, 15) is 19.2 Å². The number of carbonyl (C=O) groups excluding carboxylic acids is 2. The predicted octanol–water partition coefficient (Wildman–Crippen LogP) is 0.512. The summed E-state index contributed by atoms with van der Waals surface area (Å²) in [4.78, 5) is 52.3. The van der Waals surface area contributed by atoms with Gasteiger partial charge < -0.3 is 10.1 Å². The van der Waals surface area contributed by atoms with Crippen molar-refractivity contribution >= 4 is 40.3 Å². The van der Waals surface area contributed by atoms with Gasteiger partial charge in [0.05, 0.1) is 12.7 Å². The van der Waals surface area contributed by atoms with Crippen LogP contribution in [0.1, 0.15) is 10.4 Å². The molecular formula is C17H16ClN5O5. The summed E-state index contributed by atoms with van der Waals surface area (Å²) in [5.74, 6) is -0.959. The summed E-state index contributed by atoms with van der Waals surface area (Å²) < 4.78 is 7.95. The van der Waals surface area contributed by atoms with E-state index in [1.54, 1.807) is 12.1 Å². The highest BCUT2D eigenvalue weighted by Gasteiger charge is 2.19. The van der Waals surface area contributed by atoms with E-state index in [1.165, 1.54) is 42.5 Å². The topological polar surface area (TPSA) is 117 Å². The van der Waals surface area contributed by atoms with E-state index in [1.807, 2.05) is 0 Å². The van der Waals surface area contributed by atoms with Gasteiger partial charge in [-0.25, -0.2) is 9.59 Å². The lowest BCUT2D eigenvalue weighted by atomic mass is 10.2. The summed E-state index contributed by atoms with van der Waals surface area (Å²) in [6, 6.07) is 6.10. The van der Waals surface area contributed by atoms with E-state index >= 15 is 0 Å². The van der Waals surface area contributed by atoms with E-state index < -0.39 is 23.1 Å². The van der Waals surface area contributed by atoms with Crippen molar-refractivity contribution in [2.75, 3.05) is 12.4 Å². The normalized spacial score (nSPS) is 10.9. The number of carbonyl (C=O) groups is 2. The Morgan fingerprint density at radius 3 is 2.39 bits per heavy atom. The minimum Gasteiger partial charge on any atom is -0.465 e. The van der Waals surface area contributed by atoms with Gasteiger partial charge >= 0.3 is 11.7 Å². The number of fused-ring (bicyclic) bond motifs is 1. The second-order valence-corrected chi connectivity index (χ2v) is 6.30. The maximum atomic E-state index is 12.5. The molecule has 146 valence electrons. The molecule has 0 saturated carbocycles. The molecule has 0 saturated heterocycles. The van der Waals surface area contributed by atoms with E-state index in [0.29, 0.717) is 11.3 Å². The summed E-state index contributed by atoms with van der Waals surface area (Å²) in [6.45, 7) is -0.290. The number of methoxy groups -OCH3 is 1. The number of anilines is 1. The van der Waals surface area contributed by atoms with Crippen LogP contribution in [0.2, 0.25) is 5.28 Å². The predicted molar refractivity (Wildman–Crippen MR) is 102 cm³/mol. The van der Waals surface area contributed by atoms with Gasteiger partial charge in [-0.3, -0.25) is 23.3 Å². The fraction of sp³-hybridized carbons (Fsp3) is 0.235. The van der Waals surface area contributed by atoms with Gasteiger partial charge in [-0.15, -0.1) is 0 Å². The third-order valence-electron chi connectivity index (χ3n) is 4.19. The number of benzene rings is 1. The molecule has 28 heavy (non-hydrogen) atoms. The molecule has 10 nitrogen and oxygen atoms in total. The molecule has 1 N–H and O–H groups in total. The first-order valence-electron chi connectivity index (χ1n) is 8.04. The third-order valence-corrected chi connectivity index (χ3v) is 4.48. The highest BCUT2D eigenvalue weighted by molar-refractivity contribution is 6.29. The van der Waals surface area contributed by atoms with Crippen molar-refractivity contribution in [2.24, 2.45) is 14.1 Å². The van der Waals surface area contributed by atoms with Crippen LogP contribution >= 0.6 is 11.6 Å². The number of hydrogen-bond acceptors (Lipinski definition) is 6. The monoisotopic (exact) mass is 405 g/mol. The summed E-state index contributed by atoms with van der Waals surface area (Å²) >= 11 is 6.09. The van der Waals surface area contributed by atoms with Crippen molar-refractivity contribution in [1.82, 2.24) is 18.7 Å². The van der Waals surface area contributed by atoms with Crippen molar-refractivity contribution < 1.29 is 14.3 Å². The second-order valence-electron chi connectivity index (χ2n) is 5.96. The Labute approximate surface area is 162 Å². The molecule has 1 aromatic carbocycles. The zero-order chi connectivity index (χ0) is 20.6. The first-order chi connectivity index (χ1) is 13.2. The molecule has 0 spiro atoms. The van der Waals surface area contributed by atoms with Crippen LogP contribution in [-0.4, -0.2) is 37.7 Å². The van der Waals surface area contributed by atoms with Gasteiger partial charge in [-0.1, -0.05) is 0 Å². The van der Waals surface area contributed by atoms with Crippen molar-refractivity contribution in [3.63, 3.8) is 0 Å². The van der Waals surface area contributed by atoms with Gasteiger partial charge in [0.1, 0.15) is 6.54 Å². The lowest BCUT2D eigenvalue weighted by molar-refractivity contribution is -0.116. The molecule has 3 aromatic rings. The van der Waals surface area contributed by atoms with Crippen molar-refractivity contribution in [3.8, 4) is 0 Å². The average molecular weight is 406 g/mol. The third kappa shape index (κ3) is 3.29. The standard InChI is InChI=1S/C17H16ClN5O5/c1-21-13-12(14(25)22(2)17(21)27)23(16(18)20-13)8-11(24)19-10-6-4-9(5-7-10)15(26)28-3/h4-7H,8H2,1-3H3,(H,19,24). The summed E-state index contributed by atoms with van der Waals surface area (Å²) in [5, 5.41) is 2.55. The number of imidazole rings is 1. The Morgan fingerprint density at radius 1 is 1.14 bits per heavy atom. The summed E-state index contributed by atoms with van der Waals surface area (Å²) in [5.41, 5.74) is -0.229. The van der Waals surface area contributed by atoms with Crippen LogP contribution in [0, 0.1) is 0 Å². The highest BCUT2D eigenvalue weighted by atomic mass is 35.5. The van der Waals surface area contributed by atoms with Crippen molar-refractivity contribution in [1.29, 1.82) is 0 Å². The molecule has 0 aliphatic rings. The number of rotatable bonds is 4. The maximum absolute atomic E-state index is 12.5. The molecule has 2 aromatic heterocycles. The van der Waals surface area contributed by atoms with E-state index in [0.717, 1.165) is 4.57 Å². The molecule has 0 atom stereocenters. The SMILES string of the molecule is COC(=O)c1ccc(NC(=O)Cn2c(Cl)nc3c2c(=O)n(C)c(=O)n3C)cc1. The number of nitrogens with zero attached hydrogens (tertiary/aromatic N) is 4. The van der Waals surface area contributed by atoms with Crippen LogP contribution in [0.4, 0.5) is 5.69 Å². The Kier molecular flexibility index (Phi) is 5.06. The largest absolute Gasteiger partial charge is 0.465 e. The first-order valence-corrected chi connectivity index (χ1v) is 8.42. The summed E-state index contributed by atoms with van der Waals surface area (Å²) in [7, 11) is 4.07. The number of aryl methyl sites for hydroxylation is 1. The summed E-state index contributed by atoms with van der Waals surface area (Å²) in [6.07, 6.45) is 0. The molecule has 2 heterocycles. The number of aromatic nitrogens is 4. The van der Waals surface area contributed by atoms with Crippen molar-refractivity contribution in [2.45, 2.75) is 6.54 Å². The van der Waals surface area contributed by atoms with Crippen LogP contribution in [0.3, 0.4) is 0 Å². The molecule has 0 aliphatic heterocycles. The molecule has 11 heteroatoms. The van der Waals surface area contributed by atoms with Gasteiger partial charge in [0.2, 0.25) is 11.2 Å². The smallest absolute Gasteiger partial charge is 0.337 e. The van der Waals surface area contributed by atoms with E-state index in [-0.39, 0.29) is 23.0 Å². The van der Waals surface area contributed by atoms with Crippen LogP contribution < -0.4 is 16.6 Å². The maximum Gasteiger partial charge on any atom is 0.337 e. The fourth-order valence-corrected chi connectivity index (χ4v) is 2.94. The molecule has 0 bridgehead atoms. The van der Waals surface area contributed by atoms with Gasteiger partial charge in [-0.2, -0.15) is 4.98 Å².